The molecule has 0 bridgehead atoms. The number of carboxylic acids is 1. The molecule has 3 fully saturated rings. The third kappa shape index (κ3) is 12.2. The van der Waals surface area contributed by atoms with Gasteiger partial charge in [0.2, 0.25) is 11.8 Å². The van der Waals surface area contributed by atoms with E-state index in [0.29, 0.717) is 34.7 Å². The predicted octanol–water partition coefficient (Wildman–Crippen LogP) is 9.27. The highest BCUT2D eigenvalue weighted by Crippen LogP contribution is 2.33. The van der Waals surface area contributed by atoms with Crippen molar-refractivity contribution in [1.82, 2.24) is 55.0 Å². The van der Waals surface area contributed by atoms with E-state index < -0.39 is 17.7 Å². The molecular weight excluding hydrogens is 910 g/mol. The van der Waals surface area contributed by atoms with Crippen molar-refractivity contribution in [3.8, 4) is 11.9 Å². The molecule has 22 heteroatoms. The minimum absolute atomic E-state index is 0.140. The standard InChI is InChI=1S/C28H39FN6O3.C17H20FN5O.C2HF3O2/c1-18(2)23-21-7-6-8-22(29)24(21)35(31-23)26-30-25(38-32-26)20-11-13-33(14-12-20)17-19-9-15-34(16-10-19)27(36)37-28(3,4)5;1-10(2)14-12-4-3-5-13(18)15(12)23(21-14)17-20-16(24-22-17)11-6-8-19-9-7-11;3-2(4,5)1(6)7/h6-8,18-20H,9-17H2,1-5H3;3-5,10-11,19H,6-9H2,1-2H3;(H,6,7). The maximum atomic E-state index is 14.8. The Labute approximate surface area is 395 Å². The number of hydrogen-bond acceptors (Lipinski definition) is 13. The van der Waals surface area contributed by atoms with Gasteiger partial charge in [-0.05, 0) is 126 Å². The minimum Gasteiger partial charge on any atom is -0.475 e. The first-order valence-electron chi connectivity index (χ1n) is 23.4. The molecule has 0 atom stereocenters. The van der Waals surface area contributed by atoms with E-state index in [4.69, 9.17) is 23.7 Å². The van der Waals surface area contributed by atoms with Gasteiger partial charge in [-0.3, -0.25) is 0 Å². The summed E-state index contributed by atoms with van der Waals surface area (Å²) in [4.78, 5) is 34.7. The van der Waals surface area contributed by atoms with E-state index >= 15 is 0 Å². The summed E-state index contributed by atoms with van der Waals surface area (Å²) in [6, 6.07) is 10.0. The van der Waals surface area contributed by atoms with Crippen molar-refractivity contribution in [3.63, 3.8) is 0 Å². The van der Waals surface area contributed by atoms with Crippen LogP contribution in [0, 0.1) is 17.6 Å². The summed E-state index contributed by atoms with van der Waals surface area (Å²) in [6.45, 7) is 20.2. The highest BCUT2D eigenvalue weighted by Gasteiger charge is 2.38. The van der Waals surface area contributed by atoms with Gasteiger partial charge in [0.15, 0.2) is 0 Å². The number of alkyl halides is 3. The van der Waals surface area contributed by atoms with Crippen molar-refractivity contribution in [2.24, 2.45) is 5.92 Å². The van der Waals surface area contributed by atoms with Gasteiger partial charge in [-0.25, -0.2) is 18.4 Å². The number of nitrogens with zero attached hydrogens (tertiary/aromatic N) is 10. The fraction of sp³-hybridized carbons (Fsp3) is 0.574. The molecule has 0 radical (unpaired) electrons. The number of ether oxygens (including phenoxy) is 1. The number of carboxylic acid groups (broad SMARTS) is 1. The maximum absolute atomic E-state index is 14.8. The van der Waals surface area contributed by atoms with Crippen molar-refractivity contribution in [2.45, 2.75) is 122 Å². The SMILES string of the molecule is CC(C)c1nn(-c2noc(C3CCN(CC4CCN(C(=O)OC(C)(C)C)CC4)CC3)n2)c2c(F)cccc12.CC(C)c1nn(-c2noc(C3CCNCC3)n2)c2c(F)cccc12.O=C(O)C(F)(F)F. The molecule has 2 aromatic carbocycles. The zero-order chi connectivity index (χ0) is 49.8. The Balaban J connectivity index is 0.000000192. The summed E-state index contributed by atoms with van der Waals surface area (Å²) >= 11 is 0. The number of halogens is 5. The van der Waals surface area contributed by atoms with Crippen LogP contribution in [0.1, 0.15) is 134 Å². The van der Waals surface area contributed by atoms with Crippen molar-refractivity contribution in [2.75, 3.05) is 45.8 Å². The largest absolute Gasteiger partial charge is 0.490 e. The van der Waals surface area contributed by atoms with Gasteiger partial charge in [-0.15, -0.1) is 0 Å². The van der Waals surface area contributed by atoms with Gasteiger partial charge in [0, 0.05) is 42.2 Å². The van der Waals surface area contributed by atoms with Gasteiger partial charge in [-0.2, -0.15) is 42.7 Å². The van der Waals surface area contributed by atoms with Crippen LogP contribution >= 0.6 is 0 Å². The first kappa shape index (κ1) is 50.8. The lowest BCUT2D eigenvalue weighted by Crippen LogP contribution is -2.44. The van der Waals surface area contributed by atoms with Crippen molar-refractivity contribution in [1.29, 1.82) is 0 Å². The molecule has 7 heterocycles. The molecule has 6 aromatic rings. The maximum Gasteiger partial charge on any atom is 0.490 e. The molecular formula is C47H60F5N11O6. The molecule has 2 N–H and O–H groups in total. The molecule has 3 saturated heterocycles. The molecule has 0 saturated carbocycles. The number of rotatable bonds is 8. The van der Waals surface area contributed by atoms with E-state index in [2.05, 4.69) is 40.7 Å². The van der Waals surface area contributed by atoms with Crippen molar-refractivity contribution >= 4 is 33.9 Å². The third-order valence-electron chi connectivity index (χ3n) is 12.3. The van der Waals surface area contributed by atoms with Crippen LogP contribution in [0.15, 0.2) is 45.4 Å². The van der Waals surface area contributed by atoms with E-state index in [1.165, 1.54) is 21.5 Å². The fourth-order valence-electron chi connectivity index (χ4n) is 8.82. The monoisotopic (exact) mass is 969 g/mol. The second-order valence-electron chi connectivity index (χ2n) is 19.4. The Morgan fingerprint density at radius 3 is 1.61 bits per heavy atom. The van der Waals surface area contributed by atoms with Crippen molar-refractivity contribution in [3.05, 3.63) is 71.2 Å². The summed E-state index contributed by atoms with van der Waals surface area (Å²) in [6.07, 6.45) is 0.508. The van der Waals surface area contributed by atoms with Gasteiger partial charge in [0.1, 0.15) is 28.3 Å². The second-order valence-corrected chi connectivity index (χ2v) is 19.4. The van der Waals surface area contributed by atoms with E-state index in [0.717, 1.165) is 106 Å². The number of carbonyl (C=O) groups is 2. The zero-order valence-electron chi connectivity index (χ0n) is 39.9. The van der Waals surface area contributed by atoms with Crippen LogP contribution in [0.2, 0.25) is 0 Å². The van der Waals surface area contributed by atoms with Gasteiger partial charge in [0.05, 0.1) is 11.4 Å². The predicted molar refractivity (Wildman–Crippen MR) is 243 cm³/mol. The number of aromatic nitrogens is 8. The van der Waals surface area contributed by atoms with Crippen LogP contribution in [0.4, 0.5) is 26.7 Å². The van der Waals surface area contributed by atoms with Crippen LogP contribution in [-0.4, -0.2) is 124 Å². The number of hydrogen-bond donors (Lipinski definition) is 2. The van der Waals surface area contributed by atoms with E-state index in [1.807, 2.05) is 65.5 Å². The summed E-state index contributed by atoms with van der Waals surface area (Å²) in [7, 11) is 0. The van der Waals surface area contributed by atoms with Crippen molar-refractivity contribution < 1.29 is 50.4 Å². The first-order chi connectivity index (χ1) is 32.7. The molecule has 0 spiro atoms. The average Bonchev–Trinajstić information content (AvgIpc) is 4.13. The Hall–Kier alpha value is -6.03. The smallest absolute Gasteiger partial charge is 0.475 e. The molecule has 9 rings (SSSR count). The Kier molecular flexibility index (Phi) is 15.7. The Morgan fingerprint density at radius 2 is 1.19 bits per heavy atom. The molecule has 374 valence electrons. The average molecular weight is 970 g/mol. The lowest BCUT2D eigenvalue weighted by molar-refractivity contribution is -0.192. The van der Waals surface area contributed by atoms with Gasteiger partial charge in [0.25, 0.3) is 11.9 Å². The normalized spacial score (nSPS) is 17.0. The number of likely N-dealkylation sites (tertiary alicyclic amines) is 2. The molecule has 3 aliphatic rings. The molecule has 17 nitrogen and oxygen atoms in total. The fourth-order valence-corrected chi connectivity index (χ4v) is 8.82. The number of aliphatic carboxylic acids is 1. The third-order valence-corrected chi connectivity index (χ3v) is 12.3. The lowest BCUT2D eigenvalue weighted by Gasteiger charge is -2.37. The van der Waals surface area contributed by atoms with Gasteiger partial charge >= 0.3 is 18.2 Å². The molecule has 3 aliphatic heterocycles. The van der Waals surface area contributed by atoms with Gasteiger partial charge < -0.3 is 34.0 Å². The number of piperidine rings is 3. The highest BCUT2D eigenvalue weighted by atomic mass is 19.4. The number of para-hydroxylation sites is 2. The Bertz CT molecular complexity index is 2680. The quantitative estimate of drug-likeness (QED) is 0.137. The highest BCUT2D eigenvalue weighted by molar-refractivity contribution is 5.85. The number of fused-ring (bicyclic) bond motifs is 2. The molecule has 1 amide bonds. The summed E-state index contributed by atoms with van der Waals surface area (Å²) in [5, 5.41) is 29.4. The van der Waals surface area contributed by atoms with Crippen LogP contribution < -0.4 is 5.32 Å². The number of carbonyl (C=O) groups excluding carboxylic acids is 1. The topological polar surface area (TPSA) is 196 Å². The van der Waals surface area contributed by atoms with E-state index in [9.17, 15) is 26.7 Å². The number of benzene rings is 2. The summed E-state index contributed by atoms with van der Waals surface area (Å²) in [5.41, 5.74) is 1.97. The van der Waals surface area contributed by atoms with E-state index in [-0.39, 0.29) is 47.3 Å². The summed E-state index contributed by atoms with van der Waals surface area (Å²) < 4.78 is 80.5. The second kappa shape index (κ2) is 21.3. The molecule has 0 unspecified atom stereocenters. The van der Waals surface area contributed by atoms with Crippen LogP contribution in [0.3, 0.4) is 0 Å². The lowest BCUT2D eigenvalue weighted by atomic mass is 9.93. The van der Waals surface area contributed by atoms with Gasteiger partial charge in [-0.1, -0.05) is 52.0 Å². The number of amides is 1. The Morgan fingerprint density at radius 1 is 0.739 bits per heavy atom. The molecule has 69 heavy (non-hydrogen) atoms. The first-order valence-corrected chi connectivity index (χ1v) is 23.4. The zero-order valence-corrected chi connectivity index (χ0v) is 39.9. The van der Waals surface area contributed by atoms with E-state index in [1.54, 1.807) is 12.1 Å². The molecule has 0 aliphatic carbocycles. The summed E-state index contributed by atoms with van der Waals surface area (Å²) in [5.74, 6) is -0.334. The molecule has 4 aromatic heterocycles. The number of nitrogens with one attached hydrogen (secondary N) is 1. The van der Waals surface area contributed by atoms with Crippen LogP contribution in [0.25, 0.3) is 33.7 Å². The van der Waals surface area contributed by atoms with Crippen LogP contribution in [-0.2, 0) is 9.53 Å². The van der Waals surface area contributed by atoms with Crippen LogP contribution in [0.5, 0.6) is 0 Å². The minimum atomic E-state index is -5.08.